The zero-order valence-electron chi connectivity index (χ0n) is 22.2. The van der Waals surface area contributed by atoms with E-state index >= 15 is 0 Å². The molecule has 8 nitrogen and oxygen atoms in total. The number of methoxy groups -OCH3 is 1. The molecule has 4 rings (SSSR count). The number of halogens is 1. The molecule has 1 aliphatic heterocycles. The van der Waals surface area contributed by atoms with Gasteiger partial charge in [-0.15, -0.1) is 0 Å². The van der Waals surface area contributed by atoms with E-state index < -0.39 is 15.8 Å². The first-order chi connectivity index (χ1) is 18.6. The molecular formula is C29H32FN3O5S. The van der Waals surface area contributed by atoms with Crippen molar-refractivity contribution in [3.8, 4) is 5.75 Å². The Hall–Kier alpha value is -3.92. The number of anilines is 3. The second kappa shape index (κ2) is 11.9. The Bertz CT molecular complexity index is 1450. The minimum Gasteiger partial charge on any atom is -0.497 e. The number of nitrogens with zero attached hydrogens (tertiary/aromatic N) is 2. The van der Waals surface area contributed by atoms with Crippen molar-refractivity contribution in [2.45, 2.75) is 19.8 Å². The molecule has 0 bridgehead atoms. The van der Waals surface area contributed by atoms with Crippen molar-refractivity contribution in [2.75, 3.05) is 47.5 Å². The lowest BCUT2D eigenvalue weighted by Crippen LogP contribution is -2.38. The smallest absolute Gasteiger partial charge is 0.260 e. The molecule has 0 unspecified atom stereocenters. The second-order valence-electron chi connectivity index (χ2n) is 9.49. The number of hydrogen-bond donors (Lipinski definition) is 1. The van der Waals surface area contributed by atoms with Crippen LogP contribution in [0.25, 0.3) is 0 Å². The number of ketones is 1. The molecule has 1 heterocycles. The lowest BCUT2D eigenvalue weighted by molar-refractivity contribution is 0.0899. The number of benzene rings is 3. The minimum absolute atomic E-state index is 0.0337. The van der Waals surface area contributed by atoms with Crippen LogP contribution >= 0.6 is 0 Å². The predicted molar refractivity (Wildman–Crippen MR) is 151 cm³/mol. The minimum atomic E-state index is -3.53. The van der Waals surface area contributed by atoms with E-state index in [4.69, 9.17) is 4.74 Å². The van der Waals surface area contributed by atoms with Crippen molar-refractivity contribution in [1.29, 1.82) is 0 Å². The zero-order valence-corrected chi connectivity index (χ0v) is 23.0. The van der Waals surface area contributed by atoms with Crippen molar-refractivity contribution in [1.82, 2.24) is 0 Å². The molecule has 0 atom stereocenters. The van der Waals surface area contributed by atoms with Gasteiger partial charge in [-0.25, -0.2) is 12.8 Å². The SMILES string of the molecule is CCN(C(=O)c1ccc(NS(C)(=O)=O)cc1N1CCC(C(=O)c2ccc(F)cc2)CC1)c1cccc(OC)c1. The van der Waals surface area contributed by atoms with E-state index in [2.05, 4.69) is 4.72 Å². The largest absolute Gasteiger partial charge is 0.497 e. The van der Waals surface area contributed by atoms with E-state index in [9.17, 15) is 22.4 Å². The van der Waals surface area contributed by atoms with Gasteiger partial charge >= 0.3 is 0 Å². The first-order valence-electron chi connectivity index (χ1n) is 12.7. The van der Waals surface area contributed by atoms with Gasteiger partial charge in [-0.05, 0) is 74.4 Å². The van der Waals surface area contributed by atoms with Gasteiger partial charge in [0.2, 0.25) is 10.0 Å². The van der Waals surface area contributed by atoms with Crippen molar-refractivity contribution in [3.05, 3.63) is 83.7 Å². The fraction of sp³-hybridized carbons (Fsp3) is 0.310. The topological polar surface area (TPSA) is 96.0 Å². The third-order valence-electron chi connectivity index (χ3n) is 6.79. The highest BCUT2D eigenvalue weighted by molar-refractivity contribution is 7.92. The van der Waals surface area contributed by atoms with E-state index in [1.807, 2.05) is 24.0 Å². The Morgan fingerprint density at radius 1 is 1.05 bits per heavy atom. The molecule has 1 amide bonds. The summed E-state index contributed by atoms with van der Waals surface area (Å²) in [5.41, 5.74) is 2.50. The summed E-state index contributed by atoms with van der Waals surface area (Å²) < 4.78 is 44.9. The Morgan fingerprint density at radius 2 is 1.74 bits per heavy atom. The molecular weight excluding hydrogens is 521 g/mol. The first-order valence-corrected chi connectivity index (χ1v) is 14.6. The quantitative estimate of drug-likeness (QED) is 0.376. The van der Waals surface area contributed by atoms with E-state index in [0.29, 0.717) is 66.4 Å². The van der Waals surface area contributed by atoms with Crippen LogP contribution in [-0.4, -0.2) is 53.1 Å². The number of nitrogens with one attached hydrogen (secondary N) is 1. The van der Waals surface area contributed by atoms with Gasteiger partial charge in [0.25, 0.3) is 5.91 Å². The summed E-state index contributed by atoms with van der Waals surface area (Å²) in [5, 5.41) is 0. The average molecular weight is 554 g/mol. The normalized spacial score (nSPS) is 14.1. The second-order valence-corrected chi connectivity index (χ2v) is 11.2. The number of hydrogen-bond acceptors (Lipinski definition) is 6. The molecule has 1 N–H and O–H groups in total. The van der Waals surface area contributed by atoms with Crippen molar-refractivity contribution < 1.29 is 27.1 Å². The summed E-state index contributed by atoms with van der Waals surface area (Å²) in [6.07, 6.45) is 2.15. The van der Waals surface area contributed by atoms with Gasteiger partial charge in [0.1, 0.15) is 11.6 Å². The number of carbonyl (C=O) groups excluding carboxylic acids is 2. The number of carbonyl (C=O) groups is 2. The van der Waals surface area contributed by atoms with Crippen molar-refractivity contribution in [3.63, 3.8) is 0 Å². The fourth-order valence-electron chi connectivity index (χ4n) is 4.85. The van der Waals surface area contributed by atoms with Gasteiger partial charge in [0, 0.05) is 42.9 Å². The fourth-order valence-corrected chi connectivity index (χ4v) is 5.41. The van der Waals surface area contributed by atoms with Crippen LogP contribution < -0.4 is 19.3 Å². The van der Waals surface area contributed by atoms with Crippen LogP contribution in [-0.2, 0) is 10.0 Å². The maximum atomic E-state index is 13.9. The Labute approximate surface area is 228 Å². The summed E-state index contributed by atoms with van der Waals surface area (Å²) in [4.78, 5) is 30.5. The molecule has 39 heavy (non-hydrogen) atoms. The Morgan fingerprint density at radius 3 is 2.36 bits per heavy atom. The van der Waals surface area contributed by atoms with Gasteiger partial charge < -0.3 is 14.5 Å². The van der Waals surface area contributed by atoms with Crippen molar-refractivity contribution >= 4 is 38.8 Å². The van der Waals surface area contributed by atoms with Crippen LogP contribution in [0.5, 0.6) is 5.75 Å². The number of Topliss-reactive ketones (excluding diaryl/α,β-unsaturated/α-hetero) is 1. The lowest BCUT2D eigenvalue weighted by Gasteiger charge is -2.35. The molecule has 206 valence electrons. The molecule has 1 saturated heterocycles. The Kier molecular flexibility index (Phi) is 8.54. The highest BCUT2D eigenvalue weighted by atomic mass is 32.2. The monoisotopic (exact) mass is 553 g/mol. The zero-order chi connectivity index (χ0) is 28.2. The van der Waals surface area contributed by atoms with E-state index in [0.717, 1.165) is 6.26 Å². The molecule has 1 aliphatic rings. The van der Waals surface area contributed by atoms with Crippen LogP contribution in [0.3, 0.4) is 0 Å². The van der Waals surface area contributed by atoms with Crippen LogP contribution in [0.2, 0.25) is 0 Å². The van der Waals surface area contributed by atoms with E-state index in [1.165, 1.54) is 24.3 Å². The molecule has 0 saturated carbocycles. The Balaban J connectivity index is 1.62. The molecule has 0 aliphatic carbocycles. The van der Waals surface area contributed by atoms with E-state index in [-0.39, 0.29) is 17.6 Å². The lowest BCUT2D eigenvalue weighted by atomic mass is 9.88. The maximum Gasteiger partial charge on any atom is 0.260 e. The number of piperidine rings is 1. The molecule has 0 spiro atoms. The number of sulfonamides is 1. The summed E-state index contributed by atoms with van der Waals surface area (Å²) in [6, 6.07) is 17.6. The maximum absolute atomic E-state index is 13.9. The molecule has 3 aromatic rings. The third kappa shape index (κ3) is 6.75. The molecule has 0 aromatic heterocycles. The third-order valence-corrected chi connectivity index (χ3v) is 7.40. The number of ether oxygens (including phenoxy) is 1. The predicted octanol–water partition coefficient (Wildman–Crippen LogP) is 4.97. The van der Waals surface area contributed by atoms with Crippen LogP contribution in [0.1, 0.15) is 40.5 Å². The summed E-state index contributed by atoms with van der Waals surface area (Å²) in [5.74, 6) is -0.271. The van der Waals surface area contributed by atoms with Gasteiger partial charge in [0.15, 0.2) is 5.78 Å². The average Bonchev–Trinajstić information content (AvgIpc) is 2.93. The van der Waals surface area contributed by atoms with Gasteiger partial charge in [-0.1, -0.05) is 6.07 Å². The first kappa shape index (κ1) is 28.1. The number of rotatable bonds is 9. The summed E-state index contributed by atoms with van der Waals surface area (Å²) in [6.45, 7) is 3.27. The van der Waals surface area contributed by atoms with Crippen LogP contribution in [0.15, 0.2) is 66.7 Å². The summed E-state index contributed by atoms with van der Waals surface area (Å²) >= 11 is 0. The van der Waals surface area contributed by atoms with Crippen molar-refractivity contribution in [2.24, 2.45) is 5.92 Å². The molecule has 3 aromatic carbocycles. The van der Waals surface area contributed by atoms with Gasteiger partial charge in [0.05, 0.1) is 30.3 Å². The number of amides is 1. The highest BCUT2D eigenvalue weighted by Crippen LogP contribution is 2.33. The van der Waals surface area contributed by atoms with E-state index in [1.54, 1.807) is 42.3 Å². The molecule has 10 heteroatoms. The van der Waals surface area contributed by atoms with Crippen LogP contribution in [0.4, 0.5) is 21.5 Å². The highest BCUT2D eigenvalue weighted by Gasteiger charge is 2.29. The molecule has 0 radical (unpaired) electrons. The van der Waals surface area contributed by atoms with Gasteiger partial charge in [-0.2, -0.15) is 0 Å². The summed E-state index contributed by atoms with van der Waals surface area (Å²) in [7, 11) is -1.97. The van der Waals surface area contributed by atoms with Gasteiger partial charge in [-0.3, -0.25) is 14.3 Å². The standard InChI is InChI=1S/C29H32FN3O5S/c1-4-33(24-6-5-7-25(19-24)38-2)29(35)26-13-12-23(31-39(3,36)37)18-27(26)32-16-14-21(15-17-32)28(34)20-8-10-22(30)11-9-20/h5-13,18-19,21,31H,4,14-17H2,1-3H3. The van der Waals surface area contributed by atoms with Crippen LogP contribution in [0, 0.1) is 11.7 Å². The molecule has 1 fully saturated rings.